The van der Waals surface area contributed by atoms with Crippen LogP contribution < -0.4 is 0 Å². The fraction of sp³-hybridized carbons (Fsp3) is 1.00. The standard InChI is InChI=1S/C7H16O2S/c1-6(2,5(8)9)7(3,4)10/h5,8-10H,1-4H3. The smallest absolute Gasteiger partial charge is 0.157 e. The van der Waals surface area contributed by atoms with Crippen LogP contribution in [0.1, 0.15) is 27.7 Å². The lowest BCUT2D eigenvalue weighted by Gasteiger charge is -2.38. The number of thiol groups is 1. The summed E-state index contributed by atoms with van der Waals surface area (Å²) in [5.41, 5.74) is -0.587. The van der Waals surface area contributed by atoms with Crippen molar-refractivity contribution in [2.24, 2.45) is 5.41 Å². The van der Waals surface area contributed by atoms with Gasteiger partial charge in [-0.15, -0.1) is 0 Å². The van der Waals surface area contributed by atoms with E-state index in [2.05, 4.69) is 12.6 Å². The molecule has 0 atom stereocenters. The molecule has 62 valence electrons. The number of aliphatic hydroxyl groups is 2. The molecule has 0 aromatic heterocycles. The summed E-state index contributed by atoms with van der Waals surface area (Å²) >= 11 is 4.25. The number of aliphatic hydroxyl groups excluding tert-OH is 1. The monoisotopic (exact) mass is 164 g/mol. The van der Waals surface area contributed by atoms with Crippen LogP contribution in [0.2, 0.25) is 0 Å². The normalized spacial score (nSPS) is 14.4. The molecule has 0 fully saturated rings. The van der Waals surface area contributed by atoms with Gasteiger partial charge in [0.1, 0.15) is 0 Å². The highest BCUT2D eigenvalue weighted by molar-refractivity contribution is 7.81. The van der Waals surface area contributed by atoms with Gasteiger partial charge < -0.3 is 10.2 Å². The van der Waals surface area contributed by atoms with Gasteiger partial charge in [-0.05, 0) is 0 Å². The van der Waals surface area contributed by atoms with Crippen molar-refractivity contribution in [3.63, 3.8) is 0 Å². The Kier molecular flexibility index (Phi) is 2.79. The van der Waals surface area contributed by atoms with E-state index >= 15 is 0 Å². The maximum Gasteiger partial charge on any atom is 0.157 e. The van der Waals surface area contributed by atoms with Crippen LogP contribution in [0.25, 0.3) is 0 Å². The second kappa shape index (κ2) is 2.72. The molecule has 0 radical (unpaired) electrons. The van der Waals surface area contributed by atoms with Crippen molar-refractivity contribution in [3.8, 4) is 0 Å². The van der Waals surface area contributed by atoms with Crippen molar-refractivity contribution in [1.29, 1.82) is 0 Å². The van der Waals surface area contributed by atoms with Crippen LogP contribution in [0.5, 0.6) is 0 Å². The summed E-state index contributed by atoms with van der Waals surface area (Å²) in [7, 11) is 0. The molecular formula is C7H16O2S. The Hall–Kier alpha value is 0.270. The molecule has 2 N–H and O–H groups in total. The van der Waals surface area contributed by atoms with Gasteiger partial charge in [-0.2, -0.15) is 12.6 Å². The second-order valence-corrected chi connectivity index (χ2v) is 4.77. The predicted octanol–water partition coefficient (Wildman–Crippen LogP) is 1.03. The Bertz CT molecular complexity index is 113. The van der Waals surface area contributed by atoms with Gasteiger partial charge in [-0.25, -0.2) is 0 Å². The fourth-order valence-corrected chi connectivity index (χ4v) is 0.431. The highest BCUT2D eigenvalue weighted by Crippen LogP contribution is 2.37. The Morgan fingerprint density at radius 3 is 1.40 bits per heavy atom. The van der Waals surface area contributed by atoms with Crippen LogP contribution >= 0.6 is 12.6 Å². The molecule has 0 rings (SSSR count). The molecule has 3 heteroatoms. The Labute approximate surface area is 67.7 Å². The Morgan fingerprint density at radius 1 is 1.10 bits per heavy atom. The van der Waals surface area contributed by atoms with Crippen molar-refractivity contribution >= 4 is 12.6 Å². The molecule has 0 unspecified atom stereocenters. The molecule has 0 bridgehead atoms. The van der Waals surface area contributed by atoms with Gasteiger partial charge in [-0.1, -0.05) is 27.7 Å². The van der Waals surface area contributed by atoms with Crippen LogP contribution in [0, 0.1) is 5.41 Å². The third kappa shape index (κ3) is 1.87. The summed E-state index contributed by atoms with van der Waals surface area (Å²) in [6, 6.07) is 0. The van der Waals surface area contributed by atoms with E-state index in [-0.39, 0.29) is 4.75 Å². The number of rotatable bonds is 2. The molecule has 0 aliphatic rings. The summed E-state index contributed by atoms with van der Waals surface area (Å²) in [6.07, 6.45) is -1.32. The second-order valence-electron chi connectivity index (χ2n) is 3.65. The minimum absolute atomic E-state index is 0.388. The SMILES string of the molecule is CC(C)(S)C(C)(C)C(O)O. The van der Waals surface area contributed by atoms with Gasteiger partial charge in [0.25, 0.3) is 0 Å². The van der Waals surface area contributed by atoms with Crippen LogP contribution in [0.4, 0.5) is 0 Å². The minimum atomic E-state index is -1.32. The van der Waals surface area contributed by atoms with Gasteiger partial charge in [0.05, 0.1) is 0 Å². The van der Waals surface area contributed by atoms with Crippen molar-refractivity contribution in [2.75, 3.05) is 0 Å². The number of hydrogen-bond acceptors (Lipinski definition) is 3. The molecule has 0 aliphatic carbocycles. The molecule has 0 heterocycles. The molecule has 0 spiro atoms. The van der Waals surface area contributed by atoms with Crippen molar-refractivity contribution < 1.29 is 10.2 Å². The van der Waals surface area contributed by atoms with E-state index in [1.54, 1.807) is 13.8 Å². The zero-order valence-corrected chi connectivity index (χ0v) is 7.81. The Balaban J connectivity index is 4.40. The number of hydrogen-bond donors (Lipinski definition) is 3. The van der Waals surface area contributed by atoms with Crippen molar-refractivity contribution in [2.45, 2.75) is 38.7 Å². The third-order valence-corrected chi connectivity index (χ3v) is 2.80. The molecule has 0 aliphatic heterocycles. The lowest BCUT2D eigenvalue weighted by atomic mass is 9.80. The van der Waals surface area contributed by atoms with Crippen LogP contribution in [0.15, 0.2) is 0 Å². The molecule has 0 aromatic carbocycles. The van der Waals surface area contributed by atoms with Gasteiger partial charge in [0, 0.05) is 10.2 Å². The fourth-order valence-electron chi connectivity index (χ4n) is 0.316. The van der Waals surface area contributed by atoms with E-state index in [0.29, 0.717) is 0 Å². The molecule has 0 saturated carbocycles. The van der Waals surface area contributed by atoms with Gasteiger partial charge in [-0.3, -0.25) is 0 Å². The first-order valence-corrected chi connectivity index (χ1v) is 3.73. The van der Waals surface area contributed by atoms with Crippen LogP contribution in [-0.4, -0.2) is 21.3 Å². The Morgan fingerprint density at radius 2 is 1.40 bits per heavy atom. The van der Waals surface area contributed by atoms with E-state index in [1.165, 1.54) is 0 Å². The molecule has 0 aromatic rings. The lowest BCUT2D eigenvalue weighted by molar-refractivity contribution is -0.131. The molecule has 2 nitrogen and oxygen atoms in total. The molecule has 0 saturated heterocycles. The average molecular weight is 164 g/mol. The van der Waals surface area contributed by atoms with E-state index in [4.69, 9.17) is 10.2 Å². The first-order valence-electron chi connectivity index (χ1n) is 3.28. The lowest BCUT2D eigenvalue weighted by Crippen LogP contribution is -2.43. The topological polar surface area (TPSA) is 40.5 Å². The predicted molar refractivity (Wildman–Crippen MR) is 45.1 cm³/mol. The van der Waals surface area contributed by atoms with Crippen LogP contribution in [-0.2, 0) is 0 Å². The molecular weight excluding hydrogens is 148 g/mol. The molecule has 0 amide bonds. The van der Waals surface area contributed by atoms with E-state index in [0.717, 1.165) is 0 Å². The highest BCUT2D eigenvalue weighted by Gasteiger charge is 2.39. The molecule has 10 heavy (non-hydrogen) atoms. The zero-order valence-electron chi connectivity index (χ0n) is 6.92. The first-order chi connectivity index (χ1) is 4.19. The van der Waals surface area contributed by atoms with E-state index < -0.39 is 11.7 Å². The summed E-state index contributed by atoms with van der Waals surface area (Å²) < 4.78 is -0.388. The van der Waals surface area contributed by atoms with Crippen molar-refractivity contribution in [1.82, 2.24) is 0 Å². The quantitative estimate of drug-likeness (QED) is 0.421. The first kappa shape index (κ1) is 10.3. The third-order valence-electron chi connectivity index (χ3n) is 2.22. The van der Waals surface area contributed by atoms with E-state index in [1.807, 2.05) is 13.8 Å². The highest BCUT2D eigenvalue weighted by atomic mass is 32.1. The zero-order chi connectivity index (χ0) is 8.58. The summed E-state index contributed by atoms with van der Waals surface area (Å²) in [6.45, 7) is 7.25. The van der Waals surface area contributed by atoms with Crippen LogP contribution in [0.3, 0.4) is 0 Å². The van der Waals surface area contributed by atoms with Gasteiger partial charge in [0.15, 0.2) is 6.29 Å². The minimum Gasteiger partial charge on any atom is -0.368 e. The largest absolute Gasteiger partial charge is 0.368 e. The van der Waals surface area contributed by atoms with Crippen molar-refractivity contribution in [3.05, 3.63) is 0 Å². The summed E-state index contributed by atoms with van der Waals surface area (Å²) in [5.74, 6) is 0. The summed E-state index contributed by atoms with van der Waals surface area (Å²) in [4.78, 5) is 0. The maximum absolute atomic E-state index is 8.92. The summed E-state index contributed by atoms with van der Waals surface area (Å²) in [5, 5.41) is 17.8. The van der Waals surface area contributed by atoms with Gasteiger partial charge in [0.2, 0.25) is 0 Å². The maximum atomic E-state index is 8.92. The van der Waals surface area contributed by atoms with E-state index in [9.17, 15) is 0 Å². The van der Waals surface area contributed by atoms with Gasteiger partial charge >= 0.3 is 0 Å². The average Bonchev–Trinajstić information content (AvgIpc) is 1.62.